The molecule has 1 atom stereocenters. The predicted octanol–water partition coefficient (Wildman–Crippen LogP) is 4.55. The van der Waals surface area contributed by atoms with Gasteiger partial charge in [0.15, 0.2) is 11.5 Å². The summed E-state index contributed by atoms with van der Waals surface area (Å²) in [7, 11) is 3.10. The van der Waals surface area contributed by atoms with Crippen LogP contribution in [0.1, 0.15) is 24.1 Å². The Bertz CT molecular complexity index is 1260. The number of ether oxygens (including phenoxy) is 3. The highest BCUT2D eigenvalue weighted by molar-refractivity contribution is 6.07. The smallest absolute Gasteiger partial charge is 0.319 e. The molecule has 0 aliphatic carbocycles. The minimum Gasteiger partial charge on any atom is -0.495 e. The lowest BCUT2D eigenvalue weighted by Gasteiger charge is -2.29. The fourth-order valence-electron chi connectivity index (χ4n) is 3.90. The number of carbonyl (C=O) groups excluding carboxylic acids is 2. The maximum atomic E-state index is 13.4. The van der Waals surface area contributed by atoms with Gasteiger partial charge in [-0.05, 0) is 42.3 Å². The van der Waals surface area contributed by atoms with Crippen molar-refractivity contribution in [1.82, 2.24) is 10.6 Å². The average molecular weight is 474 g/mol. The monoisotopic (exact) mass is 473 g/mol. The third-order valence-corrected chi connectivity index (χ3v) is 5.63. The van der Waals surface area contributed by atoms with Crippen LogP contribution in [-0.2, 0) is 11.4 Å². The van der Waals surface area contributed by atoms with E-state index in [4.69, 9.17) is 14.2 Å². The van der Waals surface area contributed by atoms with E-state index in [-0.39, 0.29) is 5.91 Å². The van der Waals surface area contributed by atoms with Crippen LogP contribution in [0.5, 0.6) is 17.2 Å². The fraction of sp³-hybridized carbons (Fsp3) is 0.185. The molecule has 0 fully saturated rings. The zero-order valence-corrected chi connectivity index (χ0v) is 19.8. The van der Waals surface area contributed by atoms with E-state index in [1.807, 2.05) is 36.4 Å². The van der Waals surface area contributed by atoms with Gasteiger partial charge in [0.25, 0.3) is 5.91 Å². The van der Waals surface area contributed by atoms with E-state index >= 15 is 0 Å². The van der Waals surface area contributed by atoms with Crippen LogP contribution < -0.4 is 30.2 Å². The number of para-hydroxylation sites is 2. The topological polar surface area (TPSA) is 97.9 Å². The lowest BCUT2D eigenvalue weighted by Crippen LogP contribution is -2.46. The molecular formula is C27H27N3O5. The van der Waals surface area contributed by atoms with Crippen LogP contribution in [0.2, 0.25) is 0 Å². The summed E-state index contributed by atoms with van der Waals surface area (Å²) < 4.78 is 16.8. The minimum absolute atomic E-state index is 0.343. The maximum Gasteiger partial charge on any atom is 0.319 e. The van der Waals surface area contributed by atoms with Gasteiger partial charge < -0.3 is 30.2 Å². The van der Waals surface area contributed by atoms with E-state index in [0.717, 1.165) is 5.56 Å². The Morgan fingerprint density at radius 2 is 1.63 bits per heavy atom. The van der Waals surface area contributed by atoms with Crippen molar-refractivity contribution in [2.24, 2.45) is 0 Å². The van der Waals surface area contributed by atoms with Gasteiger partial charge in [-0.1, -0.05) is 48.5 Å². The third-order valence-electron chi connectivity index (χ3n) is 5.63. The first-order valence-electron chi connectivity index (χ1n) is 11.1. The average Bonchev–Trinajstić information content (AvgIpc) is 2.87. The highest BCUT2D eigenvalue weighted by Crippen LogP contribution is 2.35. The number of carbonyl (C=O) groups is 2. The van der Waals surface area contributed by atoms with Crippen molar-refractivity contribution in [3.8, 4) is 17.2 Å². The molecule has 0 aromatic heterocycles. The first-order chi connectivity index (χ1) is 17.0. The van der Waals surface area contributed by atoms with E-state index in [1.165, 1.54) is 7.11 Å². The molecule has 0 bridgehead atoms. The molecular weight excluding hydrogens is 446 g/mol. The second kappa shape index (κ2) is 10.6. The molecule has 0 saturated heterocycles. The number of nitrogens with one attached hydrogen (secondary N) is 3. The maximum absolute atomic E-state index is 13.4. The van der Waals surface area contributed by atoms with E-state index in [0.29, 0.717) is 46.4 Å². The van der Waals surface area contributed by atoms with Crippen LogP contribution in [-0.4, -0.2) is 26.2 Å². The third kappa shape index (κ3) is 5.38. The van der Waals surface area contributed by atoms with Gasteiger partial charge >= 0.3 is 6.03 Å². The van der Waals surface area contributed by atoms with Gasteiger partial charge in [0.1, 0.15) is 12.4 Å². The molecule has 3 aromatic rings. The van der Waals surface area contributed by atoms with Gasteiger partial charge in [0, 0.05) is 5.70 Å². The molecule has 0 radical (unpaired) electrons. The second-order valence-electron chi connectivity index (χ2n) is 7.91. The van der Waals surface area contributed by atoms with E-state index in [1.54, 1.807) is 50.4 Å². The quantitative estimate of drug-likeness (QED) is 0.446. The fourth-order valence-corrected chi connectivity index (χ4v) is 3.90. The molecule has 3 amide bonds. The molecule has 180 valence electrons. The molecule has 0 unspecified atom stereocenters. The largest absolute Gasteiger partial charge is 0.495 e. The van der Waals surface area contributed by atoms with E-state index in [9.17, 15) is 9.59 Å². The van der Waals surface area contributed by atoms with Crippen LogP contribution in [0, 0.1) is 0 Å². The zero-order chi connectivity index (χ0) is 24.8. The summed E-state index contributed by atoms with van der Waals surface area (Å²) in [5.74, 6) is 1.21. The Morgan fingerprint density at radius 3 is 2.37 bits per heavy atom. The number of amides is 3. The van der Waals surface area contributed by atoms with E-state index < -0.39 is 12.1 Å². The number of hydrogen-bond acceptors (Lipinski definition) is 5. The van der Waals surface area contributed by atoms with Gasteiger partial charge in [-0.3, -0.25) is 4.79 Å². The minimum atomic E-state index is -0.705. The van der Waals surface area contributed by atoms with Crippen molar-refractivity contribution < 1.29 is 23.8 Å². The summed E-state index contributed by atoms with van der Waals surface area (Å²) in [6.45, 7) is 2.04. The van der Waals surface area contributed by atoms with Crippen molar-refractivity contribution in [2.75, 3.05) is 19.5 Å². The molecule has 8 heteroatoms. The van der Waals surface area contributed by atoms with Crippen LogP contribution in [0.15, 0.2) is 84.1 Å². The van der Waals surface area contributed by atoms with Gasteiger partial charge in [-0.15, -0.1) is 0 Å². The Morgan fingerprint density at radius 1 is 0.914 bits per heavy atom. The highest BCUT2D eigenvalue weighted by Gasteiger charge is 2.32. The summed E-state index contributed by atoms with van der Waals surface area (Å²) in [6.07, 6.45) is 0. The summed E-state index contributed by atoms with van der Waals surface area (Å²) in [6, 6.07) is 21.1. The van der Waals surface area contributed by atoms with Gasteiger partial charge in [-0.25, -0.2) is 4.79 Å². The molecule has 1 aliphatic rings. The van der Waals surface area contributed by atoms with Crippen molar-refractivity contribution in [3.05, 3.63) is 95.2 Å². The SMILES string of the molecule is COc1ccccc1NC(=O)C1=C(C)NC(=O)N[C@H]1c1ccc(OC)c(OCc2ccccc2)c1. The van der Waals surface area contributed by atoms with Crippen molar-refractivity contribution in [1.29, 1.82) is 0 Å². The van der Waals surface area contributed by atoms with Gasteiger partial charge in [0.05, 0.1) is 31.5 Å². The Labute approximate surface area is 203 Å². The molecule has 3 N–H and O–H groups in total. The number of hydrogen-bond donors (Lipinski definition) is 3. The molecule has 8 nitrogen and oxygen atoms in total. The zero-order valence-electron chi connectivity index (χ0n) is 19.8. The molecule has 1 heterocycles. The van der Waals surface area contributed by atoms with Crippen LogP contribution >= 0.6 is 0 Å². The number of methoxy groups -OCH3 is 2. The molecule has 0 spiro atoms. The highest BCUT2D eigenvalue weighted by atomic mass is 16.5. The van der Waals surface area contributed by atoms with Crippen LogP contribution in [0.4, 0.5) is 10.5 Å². The second-order valence-corrected chi connectivity index (χ2v) is 7.91. The lowest BCUT2D eigenvalue weighted by atomic mass is 9.94. The Hall–Kier alpha value is -4.46. The number of urea groups is 1. The first kappa shape index (κ1) is 23.7. The molecule has 1 aliphatic heterocycles. The summed E-state index contributed by atoms with van der Waals surface area (Å²) in [5, 5.41) is 8.43. The molecule has 0 saturated carbocycles. The molecule has 4 rings (SSSR count). The van der Waals surface area contributed by atoms with Crippen molar-refractivity contribution in [3.63, 3.8) is 0 Å². The van der Waals surface area contributed by atoms with Gasteiger partial charge in [0.2, 0.25) is 0 Å². The standard InChI is InChI=1S/C27H27N3O5/c1-17-24(26(31)29-20-11-7-8-12-21(20)33-2)25(30-27(32)28-17)19-13-14-22(34-3)23(15-19)35-16-18-9-5-4-6-10-18/h4-15,25H,16H2,1-3H3,(H,29,31)(H2,28,30,32)/t25-/m0/s1. The van der Waals surface area contributed by atoms with Crippen molar-refractivity contribution >= 4 is 17.6 Å². The van der Waals surface area contributed by atoms with Gasteiger partial charge in [-0.2, -0.15) is 0 Å². The Balaban J connectivity index is 1.65. The molecule has 35 heavy (non-hydrogen) atoms. The lowest BCUT2D eigenvalue weighted by molar-refractivity contribution is -0.113. The van der Waals surface area contributed by atoms with Crippen LogP contribution in [0.3, 0.4) is 0 Å². The molecule has 3 aromatic carbocycles. The number of allylic oxidation sites excluding steroid dienone is 1. The van der Waals surface area contributed by atoms with Crippen LogP contribution in [0.25, 0.3) is 0 Å². The first-order valence-corrected chi connectivity index (χ1v) is 11.1. The number of rotatable bonds is 8. The normalized spacial score (nSPS) is 15.1. The van der Waals surface area contributed by atoms with Crippen molar-refractivity contribution in [2.45, 2.75) is 19.6 Å². The summed E-state index contributed by atoms with van der Waals surface area (Å²) >= 11 is 0. The summed E-state index contributed by atoms with van der Waals surface area (Å²) in [4.78, 5) is 25.7. The predicted molar refractivity (Wildman–Crippen MR) is 133 cm³/mol. The van der Waals surface area contributed by atoms with E-state index in [2.05, 4.69) is 16.0 Å². The Kier molecular flexibility index (Phi) is 7.21. The number of anilines is 1. The summed E-state index contributed by atoms with van der Waals surface area (Å²) in [5.41, 5.74) is 3.02. The number of benzene rings is 3.